The van der Waals surface area contributed by atoms with Crippen molar-refractivity contribution in [3.63, 3.8) is 0 Å². The summed E-state index contributed by atoms with van der Waals surface area (Å²) in [6.07, 6.45) is 0. The van der Waals surface area contributed by atoms with E-state index in [0.29, 0.717) is 16.7 Å². The number of hydrogen-bond acceptors (Lipinski definition) is 5. The van der Waals surface area contributed by atoms with Crippen LogP contribution in [0.4, 0.5) is 11.4 Å². The molecule has 0 radical (unpaired) electrons. The molecule has 0 atom stereocenters. The minimum absolute atomic E-state index is 0.0896. The molecule has 7 nitrogen and oxygen atoms in total. The Labute approximate surface area is 129 Å². The highest BCUT2D eigenvalue weighted by molar-refractivity contribution is 6.05. The second-order valence-electron chi connectivity index (χ2n) is 4.74. The second kappa shape index (κ2) is 5.72. The van der Waals surface area contributed by atoms with Gasteiger partial charge in [-0.05, 0) is 24.3 Å². The molecule has 1 N–H and O–H groups in total. The molecule has 1 amide bonds. The van der Waals surface area contributed by atoms with E-state index in [-0.39, 0.29) is 11.3 Å². The van der Waals surface area contributed by atoms with Gasteiger partial charge in [0.2, 0.25) is 0 Å². The zero-order chi connectivity index (χ0) is 16.4. The van der Waals surface area contributed by atoms with Crippen molar-refractivity contribution < 1.29 is 14.1 Å². The van der Waals surface area contributed by atoms with Crippen molar-refractivity contribution in [1.82, 2.24) is 0 Å². The molecule has 0 aliphatic rings. The molecule has 0 saturated carbocycles. The maximum Gasteiger partial charge on any atom is 0.349 e. The van der Waals surface area contributed by atoms with Gasteiger partial charge >= 0.3 is 5.63 Å². The third-order valence-electron chi connectivity index (χ3n) is 3.22. The predicted molar refractivity (Wildman–Crippen MR) is 83.5 cm³/mol. The van der Waals surface area contributed by atoms with Crippen molar-refractivity contribution in [2.75, 3.05) is 5.32 Å². The Morgan fingerprint density at radius 1 is 1.09 bits per heavy atom. The van der Waals surface area contributed by atoms with Crippen molar-refractivity contribution in [1.29, 1.82) is 0 Å². The van der Waals surface area contributed by atoms with E-state index < -0.39 is 16.5 Å². The lowest BCUT2D eigenvalue weighted by atomic mass is 10.1. The molecular formula is C16H10N2O5. The van der Waals surface area contributed by atoms with Crippen LogP contribution in [0.25, 0.3) is 11.0 Å². The first-order chi connectivity index (χ1) is 11.0. The highest BCUT2D eigenvalue weighted by Gasteiger charge is 2.14. The van der Waals surface area contributed by atoms with Gasteiger partial charge in [0, 0.05) is 23.2 Å². The minimum Gasteiger partial charge on any atom is -0.422 e. The summed E-state index contributed by atoms with van der Waals surface area (Å²) in [5.74, 6) is -0.640. The van der Waals surface area contributed by atoms with Crippen LogP contribution in [0, 0.1) is 10.1 Å². The van der Waals surface area contributed by atoms with Gasteiger partial charge in [0.1, 0.15) is 11.1 Å². The monoisotopic (exact) mass is 310 g/mol. The highest BCUT2D eigenvalue weighted by Crippen LogP contribution is 2.17. The fourth-order valence-corrected chi connectivity index (χ4v) is 2.09. The molecule has 0 saturated heterocycles. The minimum atomic E-state index is -0.747. The molecule has 114 valence electrons. The maximum absolute atomic E-state index is 12.2. The molecule has 0 spiro atoms. The molecule has 0 bridgehead atoms. The number of carbonyl (C=O) groups is 1. The van der Waals surface area contributed by atoms with Crippen LogP contribution in [0.2, 0.25) is 0 Å². The number of nitro groups is 1. The van der Waals surface area contributed by atoms with Gasteiger partial charge in [-0.15, -0.1) is 0 Å². The Morgan fingerprint density at radius 2 is 1.78 bits per heavy atom. The highest BCUT2D eigenvalue weighted by atomic mass is 16.6. The van der Waals surface area contributed by atoms with Crippen LogP contribution in [0.5, 0.6) is 0 Å². The summed E-state index contributed by atoms with van der Waals surface area (Å²) in [7, 11) is 0. The number of hydrogen-bond donors (Lipinski definition) is 1. The molecule has 3 rings (SSSR count). The van der Waals surface area contributed by atoms with Crippen LogP contribution in [0.1, 0.15) is 10.4 Å². The number of rotatable bonds is 3. The molecule has 23 heavy (non-hydrogen) atoms. The number of carbonyl (C=O) groups excluding carboxylic acids is 1. The number of non-ortho nitro benzene ring substituents is 1. The summed E-state index contributed by atoms with van der Waals surface area (Å²) in [5.41, 5.74) is -0.240. The summed E-state index contributed by atoms with van der Waals surface area (Å²) < 4.78 is 5.10. The summed E-state index contributed by atoms with van der Waals surface area (Å²) in [5, 5.41) is 13.7. The molecule has 0 aliphatic heterocycles. The van der Waals surface area contributed by atoms with Crippen LogP contribution in [-0.2, 0) is 0 Å². The standard InChI is InChI=1S/C16H10N2O5/c19-15(17-11-5-7-12(8-6-11)18(21)22)13-9-10-3-1-2-4-14(10)23-16(13)20/h1-9H,(H,17,19). The molecule has 2 aromatic carbocycles. The van der Waals surface area contributed by atoms with Gasteiger partial charge in [-0.2, -0.15) is 0 Å². The first-order valence-electron chi connectivity index (χ1n) is 6.63. The first kappa shape index (κ1) is 14.5. The number of anilines is 1. The summed E-state index contributed by atoms with van der Waals surface area (Å²) in [6, 6.07) is 13.6. The number of fused-ring (bicyclic) bond motifs is 1. The Bertz CT molecular complexity index is 960. The number of nitrogens with zero attached hydrogens (tertiary/aromatic N) is 1. The third-order valence-corrected chi connectivity index (χ3v) is 3.22. The quantitative estimate of drug-likeness (QED) is 0.455. The van der Waals surface area contributed by atoms with Crippen LogP contribution in [0.3, 0.4) is 0 Å². The number of amides is 1. The van der Waals surface area contributed by atoms with E-state index in [2.05, 4.69) is 5.32 Å². The van der Waals surface area contributed by atoms with Gasteiger partial charge < -0.3 is 9.73 Å². The number of nitro benzene ring substituents is 1. The average molecular weight is 310 g/mol. The van der Waals surface area contributed by atoms with E-state index in [1.165, 1.54) is 30.3 Å². The number of nitrogens with one attached hydrogen (secondary N) is 1. The Kier molecular flexibility index (Phi) is 3.60. The van der Waals surface area contributed by atoms with Crippen LogP contribution < -0.4 is 10.9 Å². The lowest BCUT2D eigenvalue weighted by Crippen LogP contribution is -2.20. The van der Waals surface area contributed by atoms with E-state index in [1.54, 1.807) is 24.3 Å². The van der Waals surface area contributed by atoms with Crippen LogP contribution >= 0.6 is 0 Å². The van der Waals surface area contributed by atoms with Gasteiger partial charge in [-0.1, -0.05) is 18.2 Å². The second-order valence-corrected chi connectivity index (χ2v) is 4.74. The largest absolute Gasteiger partial charge is 0.422 e. The van der Waals surface area contributed by atoms with E-state index in [1.807, 2.05) is 0 Å². The molecule has 0 aliphatic carbocycles. The Hall–Kier alpha value is -3.48. The maximum atomic E-state index is 12.2. The van der Waals surface area contributed by atoms with Crippen molar-refractivity contribution in [3.8, 4) is 0 Å². The van der Waals surface area contributed by atoms with E-state index in [4.69, 9.17) is 4.42 Å². The molecular weight excluding hydrogens is 300 g/mol. The normalized spacial score (nSPS) is 10.4. The molecule has 1 aromatic heterocycles. The van der Waals surface area contributed by atoms with Crippen molar-refractivity contribution in [2.45, 2.75) is 0 Å². The first-order valence-corrected chi connectivity index (χ1v) is 6.63. The van der Waals surface area contributed by atoms with Crippen LogP contribution in [0.15, 0.2) is 63.8 Å². The Balaban J connectivity index is 1.89. The van der Waals surface area contributed by atoms with E-state index in [0.717, 1.165) is 0 Å². The van der Waals surface area contributed by atoms with Gasteiger partial charge in [-0.25, -0.2) is 4.79 Å². The molecule has 3 aromatic rings. The molecule has 7 heteroatoms. The smallest absolute Gasteiger partial charge is 0.349 e. The van der Waals surface area contributed by atoms with Crippen LogP contribution in [-0.4, -0.2) is 10.8 Å². The van der Waals surface area contributed by atoms with Crippen molar-refractivity contribution >= 4 is 28.3 Å². The Morgan fingerprint density at radius 3 is 2.48 bits per heavy atom. The zero-order valence-corrected chi connectivity index (χ0v) is 11.7. The van der Waals surface area contributed by atoms with Gasteiger partial charge in [0.15, 0.2) is 0 Å². The number of benzene rings is 2. The lowest BCUT2D eigenvalue weighted by Gasteiger charge is -2.05. The van der Waals surface area contributed by atoms with Crippen molar-refractivity contribution in [2.24, 2.45) is 0 Å². The third kappa shape index (κ3) is 2.93. The topological polar surface area (TPSA) is 102 Å². The van der Waals surface area contributed by atoms with Gasteiger partial charge in [-0.3, -0.25) is 14.9 Å². The van der Waals surface area contributed by atoms with E-state index in [9.17, 15) is 19.7 Å². The zero-order valence-electron chi connectivity index (χ0n) is 11.7. The SMILES string of the molecule is O=C(Nc1ccc([N+](=O)[O-])cc1)c1cc2ccccc2oc1=O. The summed E-state index contributed by atoms with van der Waals surface area (Å²) >= 11 is 0. The number of para-hydroxylation sites is 1. The summed E-state index contributed by atoms with van der Waals surface area (Å²) in [6.45, 7) is 0. The summed E-state index contributed by atoms with van der Waals surface area (Å²) in [4.78, 5) is 34.1. The fraction of sp³-hybridized carbons (Fsp3) is 0. The van der Waals surface area contributed by atoms with Gasteiger partial charge in [0.05, 0.1) is 4.92 Å². The average Bonchev–Trinajstić information content (AvgIpc) is 2.54. The fourth-order valence-electron chi connectivity index (χ4n) is 2.09. The van der Waals surface area contributed by atoms with Gasteiger partial charge in [0.25, 0.3) is 11.6 Å². The molecule has 0 fully saturated rings. The van der Waals surface area contributed by atoms with Crippen molar-refractivity contribution in [3.05, 3.63) is 80.7 Å². The lowest BCUT2D eigenvalue weighted by molar-refractivity contribution is -0.384. The van der Waals surface area contributed by atoms with E-state index >= 15 is 0 Å². The predicted octanol–water partition coefficient (Wildman–Crippen LogP) is 2.95. The molecule has 1 heterocycles. The molecule has 0 unspecified atom stereocenters.